The summed E-state index contributed by atoms with van der Waals surface area (Å²) in [6, 6.07) is 9.67. The molecule has 1 amide bonds. The van der Waals surface area contributed by atoms with Crippen molar-refractivity contribution in [3.05, 3.63) is 45.3 Å². The van der Waals surface area contributed by atoms with Crippen molar-refractivity contribution in [2.24, 2.45) is 0 Å². The molecule has 3 rings (SSSR count). The van der Waals surface area contributed by atoms with Crippen molar-refractivity contribution in [2.75, 3.05) is 11.1 Å². The zero-order valence-electron chi connectivity index (χ0n) is 12.4. The lowest BCUT2D eigenvalue weighted by Gasteiger charge is -2.09. The van der Waals surface area contributed by atoms with Gasteiger partial charge in [-0.3, -0.25) is 4.79 Å². The Balaban J connectivity index is 1.65. The quantitative estimate of drug-likeness (QED) is 0.788. The second-order valence-electron chi connectivity index (χ2n) is 5.32. The van der Waals surface area contributed by atoms with Gasteiger partial charge in [0.05, 0.1) is 11.3 Å². The zero-order valence-corrected chi connectivity index (χ0v) is 14.8. The molecule has 1 aliphatic carbocycles. The van der Waals surface area contributed by atoms with Crippen molar-refractivity contribution in [1.29, 1.82) is 5.26 Å². The van der Waals surface area contributed by atoms with E-state index in [2.05, 4.69) is 11.4 Å². The van der Waals surface area contributed by atoms with Gasteiger partial charge >= 0.3 is 0 Å². The number of halogens is 1. The monoisotopic (exact) mass is 362 g/mol. The van der Waals surface area contributed by atoms with Crippen LogP contribution in [0.15, 0.2) is 29.2 Å². The number of hydrogen-bond donors (Lipinski definition) is 1. The van der Waals surface area contributed by atoms with Crippen LogP contribution in [0.3, 0.4) is 0 Å². The number of nitriles is 1. The molecule has 1 aromatic carbocycles. The minimum atomic E-state index is -0.0833. The lowest BCUT2D eigenvalue weighted by Crippen LogP contribution is -2.13. The van der Waals surface area contributed by atoms with Crippen LogP contribution in [0, 0.1) is 11.3 Å². The molecule has 6 heteroatoms. The Hall–Kier alpha value is -1.48. The number of rotatable bonds is 4. The second kappa shape index (κ2) is 7.39. The predicted molar refractivity (Wildman–Crippen MR) is 96.5 cm³/mol. The number of carbonyl (C=O) groups excluding carboxylic acids is 1. The van der Waals surface area contributed by atoms with E-state index in [1.165, 1.54) is 16.6 Å². The van der Waals surface area contributed by atoms with Crippen LogP contribution in [-0.2, 0) is 17.6 Å². The Labute approximate surface area is 148 Å². The highest BCUT2D eigenvalue weighted by molar-refractivity contribution is 8.00. The molecular weight excluding hydrogens is 348 g/mol. The standard InChI is InChI=1S/C17H15ClN2OS2/c18-11-5-7-12(8-6-11)22-10-16(21)20-17-14(9-19)13-3-1-2-4-15(13)23-17/h5-8H,1-4,10H2,(H,20,21). The van der Waals surface area contributed by atoms with Gasteiger partial charge in [0.25, 0.3) is 0 Å². The van der Waals surface area contributed by atoms with Gasteiger partial charge in [-0.15, -0.1) is 23.1 Å². The third-order valence-electron chi connectivity index (χ3n) is 3.72. The zero-order chi connectivity index (χ0) is 16.2. The highest BCUT2D eigenvalue weighted by atomic mass is 35.5. The highest BCUT2D eigenvalue weighted by Gasteiger charge is 2.21. The Morgan fingerprint density at radius 3 is 2.78 bits per heavy atom. The molecule has 1 N–H and O–H groups in total. The largest absolute Gasteiger partial charge is 0.316 e. The molecule has 1 aromatic heterocycles. The molecule has 0 saturated heterocycles. The lowest BCUT2D eigenvalue weighted by atomic mass is 9.96. The van der Waals surface area contributed by atoms with E-state index in [0.29, 0.717) is 21.3 Å². The van der Waals surface area contributed by atoms with E-state index in [9.17, 15) is 10.1 Å². The maximum Gasteiger partial charge on any atom is 0.235 e. The molecule has 0 aliphatic heterocycles. The number of fused-ring (bicyclic) bond motifs is 1. The normalized spacial score (nSPS) is 13.2. The van der Waals surface area contributed by atoms with Gasteiger partial charge in [-0.25, -0.2) is 0 Å². The first-order chi connectivity index (χ1) is 11.2. The number of anilines is 1. The molecule has 23 heavy (non-hydrogen) atoms. The fourth-order valence-corrected chi connectivity index (χ4v) is 4.69. The minimum absolute atomic E-state index is 0.0833. The first-order valence-corrected chi connectivity index (χ1v) is 9.58. The Morgan fingerprint density at radius 2 is 2.04 bits per heavy atom. The molecule has 0 saturated carbocycles. The van der Waals surface area contributed by atoms with Crippen LogP contribution >= 0.6 is 34.7 Å². The smallest absolute Gasteiger partial charge is 0.235 e. The summed E-state index contributed by atoms with van der Waals surface area (Å²) in [5.41, 5.74) is 1.80. The topological polar surface area (TPSA) is 52.9 Å². The van der Waals surface area contributed by atoms with Crippen molar-refractivity contribution in [3.63, 3.8) is 0 Å². The first-order valence-electron chi connectivity index (χ1n) is 7.40. The minimum Gasteiger partial charge on any atom is -0.316 e. The molecule has 2 aromatic rings. The molecule has 0 atom stereocenters. The van der Waals surface area contributed by atoms with Gasteiger partial charge in [-0.2, -0.15) is 5.26 Å². The van der Waals surface area contributed by atoms with Crippen molar-refractivity contribution in [3.8, 4) is 6.07 Å². The van der Waals surface area contributed by atoms with Crippen LogP contribution in [-0.4, -0.2) is 11.7 Å². The molecule has 0 radical (unpaired) electrons. The van der Waals surface area contributed by atoms with Gasteiger partial charge in [-0.05, 0) is 55.5 Å². The molecular formula is C17H15ClN2OS2. The lowest BCUT2D eigenvalue weighted by molar-refractivity contribution is -0.113. The van der Waals surface area contributed by atoms with Crippen molar-refractivity contribution in [1.82, 2.24) is 0 Å². The van der Waals surface area contributed by atoms with E-state index in [1.807, 2.05) is 24.3 Å². The Morgan fingerprint density at radius 1 is 1.30 bits per heavy atom. The number of benzene rings is 1. The first kappa shape index (κ1) is 16.4. The molecule has 1 heterocycles. The highest BCUT2D eigenvalue weighted by Crippen LogP contribution is 2.37. The maximum absolute atomic E-state index is 12.2. The summed E-state index contributed by atoms with van der Waals surface area (Å²) < 4.78 is 0. The van der Waals surface area contributed by atoms with Gasteiger partial charge < -0.3 is 5.32 Å². The van der Waals surface area contributed by atoms with E-state index in [0.717, 1.165) is 36.1 Å². The number of thioether (sulfide) groups is 1. The average Bonchev–Trinajstić information content (AvgIpc) is 2.91. The van der Waals surface area contributed by atoms with Crippen LogP contribution in [0.4, 0.5) is 5.00 Å². The summed E-state index contributed by atoms with van der Waals surface area (Å²) in [6.45, 7) is 0. The molecule has 1 aliphatic rings. The third-order valence-corrected chi connectivity index (χ3v) is 6.19. The Kier molecular flexibility index (Phi) is 5.27. The Bertz CT molecular complexity index is 762. The van der Waals surface area contributed by atoms with Crippen molar-refractivity contribution in [2.45, 2.75) is 30.6 Å². The third kappa shape index (κ3) is 3.89. The van der Waals surface area contributed by atoms with Gasteiger partial charge in [0.15, 0.2) is 0 Å². The van der Waals surface area contributed by atoms with Crippen LogP contribution < -0.4 is 5.32 Å². The van der Waals surface area contributed by atoms with Crippen LogP contribution in [0.5, 0.6) is 0 Å². The number of nitrogens with zero attached hydrogens (tertiary/aromatic N) is 1. The summed E-state index contributed by atoms with van der Waals surface area (Å²) in [6.07, 6.45) is 4.25. The molecule has 0 spiro atoms. The number of thiophene rings is 1. The van der Waals surface area contributed by atoms with E-state index in [1.54, 1.807) is 11.3 Å². The summed E-state index contributed by atoms with van der Waals surface area (Å²) in [5, 5.41) is 13.7. The molecule has 0 unspecified atom stereocenters. The molecule has 118 valence electrons. The van der Waals surface area contributed by atoms with Gasteiger partial charge in [0.2, 0.25) is 5.91 Å². The summed E-state index contributed by atoms with van der Waals surface area (Å²) in [5.74, 6) is 0.231. The fourth-order valence-electron chi connectivity index (χ4n) is 2.61. The number of carbonyl (C=O) groups is 1. The molecule has 3 nitrogen and oxygen atoms in total. The van der Waals surface area contributed by atoms with Gasteiger partial charge in [-0.1, -0.05) is 11.6 Å². The van der Waals surface area contributed by atoms with Crippen molar-refractivity contribution >= 4 is 45.6 Å². The summed E-state index contributed by atoms with van der Waals surface area (Å²) in [7, 11) is 0. The van der Waals surface area contributed by atoms with E-state index < -0.39 is 0 Å². The SMILES string of the molecule is N#Cc1c(NC(=O)CSc2ccc(Cl)cc2)sc2c1CCCC2. The number of amides is 1. The molecule has 0 bridgehead atoms. The number of nitrogens with one attached hydrogen (secondary N) is 1. The van der Waals surface area contributed by atoms with Crippen molar-refractivity contribution < 1.29 is 4.79 Å². The predicted octanol–water partition coefficient (Wildman–Crippen LogP) is 4.88. The van der Waals surface area contributed by atoms with Gasteiger partial charge in [0.1, 0.15) is 11.1 Å². The van der Waals surface area contributed by atoms with E-state index >= 15 is 0 Å². The van der Waals surface area contributed by atoms with Crippen LogP contribution in [0.1, 0.15) is 28.8 Å². The average molecular weight is 363 g/mol. The van der Waals surface area contributed by atoms with E-state index in [-0.39, 0.29) is 5.91 Å². The second-order valence-corrected chi connectivity index (χ2v) is 7.91. The van der Waals surface area contributed by atoms with E-state index in [4.69, 9.17) is 11.6 Å². The fraction of sp³-hybridized carbons (Fsp3) is 0.294. The summed E-state index contributed by atoms with van der Waals surface area (Å²) >= 11 is 8.86. The van der Waals surface area contributed by atoms with Crippen LogP contribution in [0.2, 0.25) is 5.02 Å². The van der Waals surface area contributed by atoms with Gasteiger partial charge in [0, 0.05) is 14.8 Å². The molecule has 0 fully saturated rings. The van der Waals surface area contributed by atoms with Crippen LogP contribution in [0.25, 0.3) is 0 Å². The number of hydrogen-bond acceptors (Lipinski definition) is 4. The maximum atomic E-state index is 12.2. The summed E-state index contributed by atoms with van der Waals surface area (Å²) in [4.78, 5) is 14.4. The number of aryl methyl sites for hydroxylation is 1.